The number of nitrogens with one attached hydrogen (secondary N) is 1. The van der Waals surface area contributed by atoms with Crippen molar-refractivity contribution in [3.05, 3.63) is 88.4 Å². The zero-order valence-corrected chi connectivity index (χ0v) is 20.4. The second kappa shape index (κ2) is 10.1. The van der Waals surface area contributed by atoms with E-state index in [1.54, 1.807) is 29.7 Å². The van der Waals surface area contributed by atoms with Crippen molar-refractivity contribution in [2.45, 2.75) is 26.5 Å². The van der Waals surface area contributed by atoms with Gasteiger partial charge in [-0.25, -0.2) is 13.8 Å². The summed E-state index contributed by atoms with van der Waals surface area (Å²) >= 11 is 0. The predicted octanol–water partition coefficient (Wildman–Crippen LogP) is 4.01. The van der Waals surface area contributed by atoms with Crippen LogP contribution in [0.3, 0.4) is 0 Å². The van der Waals surface area contributed by atoms with Crippen molar-refractivity contribution in [2.24, 2.45) is 5.73 Å². The molecule has 1 atom stereocenters. The highest BCUT2D eigenvalue weighted by Crippen LogP contribution is 2.33. The molecule has 1 aliphatic heterocycles. The summed E-state index contributed by atoms with van der Waals surface area (Å²) < 4.78 is 46.8. The molecule has 0 aliphatic carbocycles. The molecule has 4 aromatic rings. The quantitative estimate of drug-likeness (QED) is 0.391. The van der Waals surface area contributed by atoms with Gasteiger partial charge in [0.2, 0.25) is 0 Å². The molecule has 0 bridgehead atoms. The molecule has 10 heteroatoms. The first-order valence-corrected chi connectivity index (χ1v) is 11.8. The number of imidazole rings is 1. The van der Waals surface area contributed by atoms with Crippen molar-refractivity contribution in [1.82, 2.24) is 14.7 Å². The standard InChI is InChI=1S/C27H26F2N4O4/c1-15-10-24(37-14-18-19(28)4-3-5-20(18)29)26-31-16(2)25(33(26)13-15)27(34)32-21(12-30)17-6-7-22-23(11-17)36-9-8-35-22/h3-7,10-11,13,21H,8-9,12,14,30H2,1-2H3,(H,32,34). The van der Waals surface area contributed by atoms with Gasteiger partial charge in [0.15, 0.2) is 22.9 Å². The third-order valence-electron chi connectivity index (χ3n) is 6.16. The van der Waals surface area contributed by atoms with Gasteiger partial charge in [-0.05, 0) is 55.3 Å². The Morgan fingerprint density at radius 1 is 1.14 bits per heavy atom. The van der Waals surface area contributed by atoms with Gasteiger partial charge in [0, 0.05) is 12.7 Å². The van der Waals surface area contributed by atoms with Crippen LogP contribution in [0.2, 0.25) is 0 Å². The number of carbonyl (C=O) groups is 1. The number of nitrogens with zero attached hydrogens (tertiary/aromatic N) is 2. The number of fused-ring (bicyclic) bond motifs is 2. The van der Waals surface area contributed by atoms with Gasteiger partial charge in [-0.15, -0.1) is 0 Å². The van der Waals surface area contributed by atoms with Crippen LogP contribution in [0.15, 0.2) is 48.7 Å². The fourth-order valence-electron chi connectivity index (χ4n) is 4.34. The van der Waals surface area contributed by atoms with Crippen LogP contribution < -0.4 is 25.3 Å². The topological polar surface area (TPSA) is 100 Å². The van der Waals surface area contributed by atoms with Gasteiger partial charge in [-0.3, -0.25) is 9.20 Å². The minimum absolute atomic E-state index is 0.156. The number of carbonyl (C=O) groups excluding carboxylic acids is 1. The summed E-state index contributed by atoms with van der Waals surface area (Å²) in [6.45, 7) is 4.29. The molecule has 0 spiro atoms. The van der Waals surface area contributed by atoms with E-state index in [2.05, 4.69) is 10.3 Å². The number of hydrogen-bond acceptors (Lipinski definition) is 6. The smallest absolute Gasteiger partial charge is 0.270 e. The van der Waals surface area contributed by atoms with E-state index in [0.29, 0.717) is 47.5 Å². The number of pyridine rings is 1. The number of ether oxygens (including phenoxy) is 3. The molecule has 2 aromatic heterocycles. The van der Waals surface area contributed by atoms with E-state index in [-0.39, 0.29) is 24.6 Å². The molecule has 0 saturated heterocycles. The maximum atomic E-state index is 14.1. The fraction of sp³-hybridized carbons (Fsp3) is 0.259. The van der Waals surface area contributed by atoms with E-state index in [1.165, 1.54) is 18.2 Å². The Labute approximate surface area is 212 Å². The number of aromatic nitrogens is 2. The highest BCUT2D eigenvalue weighted by atomic mass is 19.1. The first kappa shape index (κ1) is 24.5. The molecule has 5 rings (SSSR count). The van der Waals surface area contributed by atoms with Gasteiger partial charge in [-0.2, -0.15) is 0 Å². The SMILES string of the molecule is Cc1cc(OCc2c(F)cccc2F)c2nc(C)c(C(=O)NC(CN)c3ccc4c(c3)OCCO4)n2c1. The highest BCUT2D eigenvalue weighted by Gasteiger charge is 2.24. The number of rotatable bonds is 7. The van der Waals surface area contributed by atoms with E-state index in [1.807, 2.05) is 19.1 Å². The lowest BCUT2D eigenvalue weighted by Crippen LogP contribution is -2.34. The Bertz CT molecular complexity index is 1470. The van der Waals surface area contributed by atoms with Crippen LogP contribution in [0.5, 0.6) is 17.2 Å². The Balaban J connectivity index is 1.43. The Hall–Kier alpha value is -4.18. The second-order valence-electron chi connectivity index (χ2n) is 8.77. The molecule has 8 nitrogen and oxygen atoms in total. The maximum Gasteiger partial charge on any atom is 0.270 e. The van der Waals surface area contributed by atoms with Crippen LogP contribution >= 0.6 is 0 Å². The monoisotopic (exact) mass is 508 g/mol. The van der Waals surface area contributed by atoms with Crippen LogP contribution in [-0.4, -0.2) is 35.1 Å². The Kier molecular flexibility index (Phi) is 6.66. The van der Waals surface area contributed by atoms with Crippen molar-refractivity contribution >= 4 is 11.6 Å². The van der Waals surface area contributed by atoms with Crippen molar-refractivity contribution in [3.63, 3.8) is 0 Å². The van der Waals surface area contributed by atoms with Crippen LogP contribution in [0.1, 0.15) is 38.9 Å². The lowest BCUT2D eigenvalue weighted by Gasteiger charge is -2.22. The number of hydrogen-bond donors (Lipinski definition) is 2. The molecule has 1 amide bonds. The van der Waals surface area contributed by atoms with Crippen LogP contribution in [0, 0.1) is 25.5 Å². The van der Waals surface area contributed by atoms with Crippen molar-refractivity contribution in [1.29, 1.82) is 0 Å². The maximum absolute atomic E-state index is 14.1. The number of aryl methyl sites for hydroxylation is 2. The van der Waals surface area contributed by atoms with Crippen LogP contribution in [-0.2, 0) is 6.61 Å². The third-order valence-corrected chi connectivity index (χ3v) is 6.16. The Morgan fingerprint density at radius 3 is 2.59 bits per heavy atom. The van der Waals surface area contributed by atoms with Crippen LogP contribution in [0.25, 0.3) is 5.65 Å². The highest BCUT2D eigenvalue weighted by molar-refractivity contribution is 5.95. The van der Waals surface area contributed by atoms with E-state index in [4.69, 9.17) is 19.9 Å². The third kappa shape index (κ3) is 4.79. The number of nitrogens with two attached hydrogens (primary N) is 1. The predicted molar refractivity (Wildman–Crippen MR) is 132 cm³/mol. The number of halogens is 2. The summed E-state index contributed by atoms with van der Waals surface area (Å²) in [6, 6.07) is 10.3. The lowest BCUT2D eigenvalue weighted by molar-refractivity contribution is 0.0931. The summed E-state index contributed by atoms with van der Waals surface area (Å²) in [6.07, 6.45) is 1.75. The van der Waals surface area contributed by atoms with Gasteiger partial charge >= 0.3 is 0 Å². The van der Waals surface area contributed by atoms with Gasteiger partial charge in [0.05, 0.1) is 17.3 Å². The van der Waals surface area contributed by atoms with Crippen molar-refractivity contribution in [3.8, 4) is 17.2 Å². The summed E-state index contributed by atoms with van der Waals surface area (Å²) in [7, 11) is 0. The average Bonchev–Trinajstić information content (AvgIpc) is 3.22. The summed E-state index contributed by atoms with van der Waals surface area (Å²) in [4.78, 5) is 18.0. The molecule has 37 heavy (non-hydrogen) atoms. The first-order chi connectivity index (χ1) is 17.9. The van der Waals surface area contributed by atoms with Gasteiger partial charge in [0.25, 0.3) is 5.91 Å². The van der Waals surface area contributed by atoms with Crippen LogP contribution in [0.4, 0.5) is 8.78 Å². The Morgan fingerprint density at radius 2 is 1.86 bits per heavy atom. The van der Waals surface area contributed by atoms with Gasteiger partial charge in [0.1, 0.15) is 37.1 Å². The molecule has 2 aromatic carbocycles. The van der Waals surface area contributed by atoms with Crippen molar-refractivity contribution in [2.75, 3.05) is 19.8 Å². The molecule has 0 radical (unpaired) electrons. The first-order valence-electron chi connectivity index (χ1n) is 11.8. The average molecular weight is 509 g/mol. The molecule has 3 heterocycles. The zero-order chi connectivity index (χ0) is 26.1. The second-order valence-corrected chi connectivity index (χ2v) is 8.77. The van der Waals surface area contributed by atoms with Crippen molar-refractivity contribution < 1.29 is 27.8 Å². The van der Waals surface area contributed by atoms with E-state index in [9.17, 15) is 13.6 Å². The molecule has 0 fully saturated rings. The zero-order valence-electron chi connectivity index (χ0n) is 20.4. The molecule has 0 saturated carbocycles. The minimum atomic E-state index is -0.699. The van der Waals surface area contributed by atoms with Gasteiger partial charge < -0.3 is 25.3 Å². The minimum Gasteiger partial charge on any atom is -0.486 e. The summed E-state index contributed by atoms with van der Waals surface area (Å²) in [5.41, 5.74) is 8.49. The molecular weight excluding hydrogens is 482 g/mol. The van der Waals surface area contributed by atoms with Gasteiger partial charge in [-0.1, -0.05) is 12.1 Å². The largest absolute Gasteiger partial charge is 0.486 e. The molecule has 192 valence electrons. The summed E-state index contributed by atoms with van der Waals surface area (Å²) in [5.74, 6) is -0.233. The molecule has 1 unspecified atom stereocenters. The lowest BCUT2D eigenvalue weighted by atomic mass is 10.1. The molecular formula is C27H26F2N4O4. The van der Waals surface area contributed by atoms with E-state index < -0.39 is 17.7 Å². The molecule has 1 aliphatic rings. The number of benzene rings is 2. The summed E-state index contributed by atoms with van der Waals surface area (Å²) in [5, 5.41) is 2.98. The number of amides is 1. The van der Waals surface area contributed by atoms with E-state index >= 15 is 0 Å². The normalized spacial score (nSPS) is 13.4. The molecule has 3 N–H and O–H groups in total. The van der Waals surface area contributed by atoms with E-state index in [0.717, 1.165) is 11.1 Å². The fourth-order valence-corrected chi connectivity index (χ4v) is 4.34.